The number of aromatic nitrogens is 1. The zero-order valence-corrected chi connectivity index (χ0v) is 11.8. The van der Waals surface area contributed by atoms with Crippen molar-refractivity contribution in [3.8, 4) is 0 Å². The molecule has 5 nitrogen and oxygen atoms in total. The Hall–Kier alpha value is -0.980. The van der Waals surface area contributed by atoms with Crippen LogP contribution in [0.3, 0.4) is 0 Å². The standard InChI is InChI=1S/C13H18N2O3S/c1-2-9-8-19-12(14-9)3-13(16)15-4-10-6-17-7-11(5-15)18-10/h8,10-11H,2-7H2,1H3. The number of aryl methyl sites for hydroxylation is 1. The lowest BCUT2D eigenvalue weighted by Gasteiger charge is -2.41. The van der Waals surface area contributed by atoms with Crippen molar-refractivity contribution in [1.29, 1.82) is 0 Å². The van der Waals surface area contributed by atoms with Crippen molar-refractivity contribution >= 4 is 17.2 Å². The van der Waals surface area contributed by atoms with Crippen LogP contribution in [-0.2, 0) is 27.1 Å². The van der Waals surface area contributed by atoms with E-state index in [-0.39, 0.29) is 18.1 Å². The molecule has 0 saturated carbocycles. The van der Waals surface area contributed by atoms with Crippen LogP contribution in [0.4, 0.5) is 0 Å². The Kier molecular flexibility index (Phi) is 3.81. The number of amides is 1. The highest BCUT2D eigenvalue weighted by Gasteiger charge is 2.34. The summed E-state index contributed by atoms with van der Waals surface area (Å²) in [5.74, 6) is 0.150. The third-order valence-corrected chi connectivity index (χ3v) is 4.35. The summed E-state index contributed by atoms with van der Waals surface area (Å²) >= 11 is 1.57. The molecular formula is C13H18N2O3S. The molecule has 1 amide bonds. The van der Waals surface area contributed by atoms with E-state index in [0.717, 1.165) is 17.1 Å². The minimum Gasteiger partial charge on any atom is -0.376 e. The molecular weight excluding hydrogens is 264 g/mol. The predicted octanol–water partition coefficient (Wildman–Crippen LogP) is 0.874. The summed E-state index contributed by atoms with van der Waals surface area (Å²) < 4.78 is 11.2. The molecule has 0 radical (unpaired) electrons. The third-order valence-electron chi connectivity index (χ3n) is 3.46. The van der Waals surface area contributed by atoms with E-state index in [9.17, 15) is 4.79 Å². The largest absolute Gasteiger partial charge is 0.376 e. The highest BCUT2D eigenvalue weighted by molar-refractivity contribution is 7.09. The van der Waals surface area contributed by atoms with Gasteiger partial charge in [0.25, 0.3) is 0 Å². The summed E-state index contributed by atoms with van der Waals surface area (Å²) in [6.07, 6.45) is 1.41. The first-order valence-corrected chi connectivity index (χ1v) is 7.57. The Bertz CT molecular complexity index is 450. The van der Waals surface area contributed by atoms with Gasteiger partial charge in [-0.25, -0.2) is 4.98 Å². The van der Waals surface area contributed by atoms with Crippen molar-refractivity contribution in [2.45, 2.75) is 32.0 Å². The number of hydrogen-bond donors (Lipinski definition) is 0. The Morgan fingerprint density at radius 2 is 2.21 bits per heavy atom. The molecule has 0 aromatic carbocycles. The second kappa shape index (κ2) is 5.56. The highest BCUT2D eigenvalue weighted by atomic mass is 32.1. The monoisotopic (exact) mass is 282 g/mol. The summed E-state index contributed by atoms with van der Waals surface area (Å²) in [7, 11) is 0. The van der Waals surface area contributed by atoms with E-state index in [1.54, 1.807) is 11.3 Å². The van der Waals surface area contributed by atoms with Gasteiger partial charge < -0.3 is 14.4 Å². The number of rotatable bonds is 3. The van der Waals surface area contributed by atoms with Crippen molar-refractivity contribution < 1.29 is 14.3 Å². The SMILES string of the molecule is CCc1csc(CC(=O)N2CC3COCC(C2)O3)n1. The highest BCUT2D eigenvalue weighted by Crippen LogP contribution is 2.19. The van der Waals surface area contributed by atoms with Crippen LogP contribution in [0, 0.1) is 0 Å². The van der Waals surface area contributed by atoms with E-state index in [1.807, 2.05) is 10.3 Å². The van der Waals surface area contributed by atoms with Gasteiger partial charge in [0.15, 0.2) is 0 Å². The zero-order chi connectivity index (χ0) is 13.2. The fourth-order valence-corrected chi connectivity index (χ4v) is 3.34. The van der Waals surface area contributed by atoms with Gasteiger partial charge in [-0.3, -0.25) is 4.79 Å². The zero-order valence-electron chi connectivity index (χ0n) is 11.0. The predicted molar refractivity (Wildman–Crippen MR) is 71.3 cm³/mol. The molecule has 0 spiro atoms. The van der Waals surface area contributed by atoms with Crippen molar-refractivity contribution in [3.05, 3.63) is 16.1 Å². The van der Waals surface area contributed by atoms with Gasteiger partial charge in [-0.2, -0.15) is 0 Å². The topological polar surface area (TPSA) is 51.7 Å². The van der Waals surface area contributed by atoms with Crippen LogP contribution >= 0.6 is 11.3 Å². The first kappa shape index (κ1) is 13.0. The Morgan fingerprint density at radius 1 is 1.47 bits per heavy atom. The first-order chi connectivity index (χ1) is 9.24. The van der Waals surface area contributed by atoms with Gasteiger partial charge in [-0.15, -0.1) is 11.3 Å². The molecule has 1 aromatic rings. The van der Waals surface area contributed by atoms with Crippen LogP contribution in [0.25, 0.3) is 0 Å². The maximum Gasteiger partial charge on any atom is 0.229 e. The number of ether oxygens (including phenoxy) is 2. The van der Waals surface area contributed by atoms with Crippen LogP contribution in [0.1, 0.15) is 17.6 Å². The van der Waals surface area contributed by atoms with E-state index < -0.39 is 0 Å². The maximum atomic E-state index is 12.3. The summed E-state index contributed by atoms with van der Waals surface area (Å²) in [5.41, 5.74) is 1.07. The molecule has 2 atom stereocenters. The summed E-state index contributed by atoms with van der Waals surface area (Å²) in [6.45, 7) is 4.54. The molecule has 0 N–H and O–H groups in total. The summed E-state index contributed by atoms with van der Waals surface area (Å²) in [6, 6.07) is 0. The number of nitrogens with zero attached hydrogens (tertiary/aromatic N) is 2. The van der Waals surface area contributed by atoms with E-state index in [0.29, 0.717) is 32.7 Å². The molecule has 1 aromatic heterocycles. The smallest absolute Gasteiger partial charge is 0.229 e. The van der Waals surface area contributed by atoms with Crippen LogP contribution in [0.2, 0.25) is 0 Å². The minimum absolute atomic E-state index is 0.0407. The lowest BCUT2D eigenvalue weighted by Crippen LogP contribution is -2.56. The summed E-state index contributed by atoms with van der Waals surface area (Å²) in [4.78, 5) is 18.6. The summed E-state index contributed by atoms with van der Waals surface area (Å²) in [5, 5.41) is 2.94. The fraction of sp³-hybridized carbons (Fsp3) is 0.692. The maximum absolute atomic E-state index is 12.3. The number of fused-ring (bicyclic) bond motifs is 2. The molecule has 2 unspecified atom stereocenters. The Balaban J connectivity index is 1.60. The molecule has 2 bridgehead atoms. The van der Waals surface area contributed by atoms with Gasteiger partial charge in [0.05, 0.1) is 37.5 Å². The molecule has 19 heavy (non-hydrogen) atoms. The van der Waals surface area contributed by atoms with Crippen LogP contribution in [0.15, 0.2) is 5.38 Å². The van der Waals surface area contributed by atoms with Crippen molar-refractivity contribution in [2.75, 3.05) is 26.3 Å². The Morgan fingerprint density at radius 3 is 2.84 bits per heavy atom. The van der Waals surface area contributed by atoms with Gasteiger partial charge in [-0.1, -0.05) is 6.92 Å². The number of thiazole rings is 1. The average Bonchev–Trinajstić information content (AvgIpc) is 2.86. The molecule has 3 rings (SSSR count). The van der Waals surface area contributed by atoms with Gasteiger partial charge in [0, 0.05) is 18.5 Å². The molecule has 2 saturated heterocycles. The Labute approximate surface area is 116 Å². The van der Waals surface area contributed by atoms with E-state index >= 15 is 0 Å². The number of hydrogen-bond acceptors (Lipinski definition) is 5. The number of morpholine rings is 1. The average molecular weight is 282 g/mol. The molecule has 2 aliphatic rings. The molecule has 0 aliphatic carbocycles. The van der Waals surface area contributed by atoms with Crippen molar-refractivity contribution in [1.82, 2.24) is 9.88 Å². The first-order valence-electron chi connectivity index (χ1n) is 6.69. The van der Waals surface area contributed by atoms with Gasteiger partial charge in [0.1, 0.15) is 5.01 Å². The lowest BCUT2D eigenvalue weighted by molar-refractivity contribution is -0.185. The molecule has 2 aliphatic heterocycles. The van der Waals surface area contributed by atoms with Crippen LogP contribution < -0.4 is 0 Å². The van der Waals surface area contributed by atoms with E-state index in [2.05, 4.69) is 11.9 Å². The second-order valence-corrected chi connectivity index (χ2v) is 5.92. The fourth-order valence-electron chi connectivity index (χ4n) is 2.48. The molecule has 6 heteroatoms. The molecule has 104 valence electrons. The van der Waals surface area contributed by atoms with E-state index in [1.165, 1.54) is 0 Å². The number of carbonyl (C=O) groups excluding carboxylic acids is 1. The minimum atomic E-state index is 0.0407. The van der Waals surface area contributed by atoms with Crippen LogP contribution in [-0.4, -0.2) is 54.3 Å². The number of carbonyl (C=O) groups is 1. The van der Waals surface area contributed by atoms with E-state index in [4.69, 9.17) is 9.47 Å². The second-order valence-electron chi connectivity index (χ2n) is 4.98. The van der Waals surface area contributed by atoms with Crippen molar-refractivity contribution in [3.63, 3.8) is 0 Å². The van der Waals surface area contributed by atoms with Gasteiger partial charge >= 0.3 is 0 Å². The third kappa shape index (κ3) is 2.96. The van der Waals surface area contributed by atoms with Gasteiger partial charge in [0.2, 0.25) is 5.91 Å². The van der Waals surface area contributed by atoms with Crippen LogP contribution in [0.5, 0.6) is 0 Å². The lowest BCUT2D eigenvalue weighted by atomic mass is 10.1. The normalized spacial score (nSPS) is 26.5. The van der Waals surface area contributed by atoms with Gasteiger partial charge in [-0.05, 0) is 6.42 Å². The van der Waals surface area contributed by atoms with Crippen molar-refractivity contribution in [2.24, 2.45) is 0 Å². The molecule has 2 fully saturated rings. The quantitative estimate of drug-likeness (QED) is 0.825. The molecule has 3 heterocycles.